The molecular weight excluding hydrogens is 369 g/mol. The molecule has 0 aromatic carbocycles. The quantitative estimate of drug-likeness (QED) is 0.387. The molecule has 0 spiro atoms. The van der Waals surface area contributed by atoms with Gasteiger partial charge in [-0.25, -0.2) is 4.98 Å². The van der Waals surface area contributed by atoms with Crippen LogP contribution in [0.15, 0.2) is 11.1 Å². The van der Waals surface area contributed by atoms with Crippen LogP contribution in [-0.2, 0) is 9.26 Å². The van der Waals surface area contributed by atoms with E-state index in [1.54, 1.807) is 4.57 Å². The van der Waals surface area contributed by atoms with Crippen LogP contribution in [0.25, 0.3) is 11.2 Å². The van der Waals surface area contributed by atoms with E-state index in [1.807, 2.05) is 0 Å². The lowest BCUT2D eigenvalue weighted by atomic mass is 10.2. The van der Waals surface area contributed by atoms with Gasteiger partial charge in [-0.2, -0.15) is 19.3 Å². The SMILES string of the molecule is CCC.Nc1nc2c(ncn2C2CCC(CO[P+](O)(O)S)O2)c(=O)[nH]1. The van der Waals surface area contributed by atoms with Gasteiger partial charge in [-0.15, -0.1) is 0 Å². The Kier molecular flexibility index (Phi) is 6.78. The van der Waals surface area contributed by atoms with Crippen molar-refractivity contribution in [1.29, 1.82) is 0 Å². The van der Waals surface area contributed by atoms with Gasteiger partial charge < -0.3 is 10.5 Å². The number of nitrogen functional groups attached to an aromatic ring is 1. The van der Waals surface area contributed by atoms with E-state index in [2.05, 4.69) is 41.0 Å². The van der Waals surface area contributed by atoms with Gasteiger partial charge in [-0.05, 0) is 12.8 Å². The second-order valence-electron chi connectivity index (χ2n) is 5.58. The summed E-state index contributed by atoms with van der Waals surface area (Å²) < 4.78 is 12.2. The fourth-order valence-corrected chi connectivity index (χ4v) is 2.92. The number of aromatic nitrogens is 4. The van der Waals surface area contributed by atoms with Crippen LogP contribution in [0.3, 0.4) is 0 Å². The Morgan fingerprint density at radius 3 is 2.84 bits per heavy atom. The molecule has 1 fully saturated rings. The van der Waals surface area contributed by atoms with Crippen LogP contribution < -0.4 is 11.3 Å². The van der Waals surface area contributed by atoms with Crippen LogP contribution in [0, 0.1) is 0 Å². The number of aromatic amines is 1. The third-order valence-electron chi connectivity index (χ3n) is 3.28. The number of nitrogens with one attached hydrogen (secondary N) is 1. The molecule has 2 aromatic heterocycles. The topological polar surface area (TPSA) is 149 Å². The smallest absolute Gasteiger partial charge is 0.369 e. The summed E-state index contributed by atoms with van der Waals surface area (Å²) >= 11 is 3.55. The molecule has 12 heteroatoms. The lowest BCUT2D eigenvalue weighted by Gasteiger charge is -2.15. The average Bonchev–Trinajstić information content (AvgIpc) is 3.11. The summed E-state index contributed by atoms with van der Waals surface area (Å²) in [6, 6.07) is 0. The number of fused-ring (bicyclic) bond motifs is 1. The third-order valence-corrected chi connectivity index (χ3v) is 4.12. The maximum atomic E-state index is 11.7. The van der Waals surface area contributed by atoms with Gasteiger partial charge >= 0.3 is 7.15 Å². The first-order chi connectivity index (χ1) is 11.7. The zero-order valence-electron chi connectivity index (χ0n) is 14.0. The summed E-state index contributed by atoms with van der Waals surface area (Å²) in [4.78, 5) is 40.4. The molecule has 0 bridgehead atoms. The highest BCUT2D eigenvalue weighted by Crippen LogP contribution is 2.56. The standard InChI is InChI=1S/C10H14N5O5PS.C3H8/c11-10-13-8-7(9(16)14-10)12-4-15(8)6-2-1-5(20-6)3-19-21(17,18)22;1-3-2/h4-6,17-18,22H,1-3H2,(H2-,11,13,14,16);3H2,1-2H3/p+1. The monoisotopic (exact) mass is 392 g/mol. The van der Waals surface area contributed by atoms with Crippen molar-refractivity contribution >= 4 is 36.5 Å². The molecule has 1 saturated heterocycles. The molecule has 25 heavy (non-hydrogen) atoms. The second kappa shape index (κ2) is 8.43. The molecule has 0 saturated carbocycles. The van der Waals surface area contributed by atoms with Crippen LogP contribution in [0.5, 0.6) is 0 Å². The first kappa shape index (κ1) is 20.1. The Morgan fingerprint density at radius 1 is 1.52 bits per heavy atom. The van der Waals surface area contributed by atoms with Gasteiger partial charge in [0, 0.05) is 0 Å². The molecule has 10 nitrogen and oxygen atoms in total. The molecule has 0 radical (unpaired) electrons. The lowest BCUT2D eigenvalue weighted by Crippen LogP contribution is -2.17. The number of ether oxygens (including phenoxy) is 1. The minimum Gasteiger partial charge on any atom is -0.369 e. The summed E-state index contributed by atoms with van der Waals surface area (Å²) in [6.45, 7) is 4.27. The summed E-state index contributed by atoms with van der Waals surface area (Å²) in [5, 5.41) is 0. The molecule has 2 unspecified atom stereocenters. The van der Waals surface area contributed by atoms with Crippen molar-refractivity contribution in [3.63, 3.8) is 0 Å². The Balaban J connectivity index is 0.000000701. The Morgan fingerprint density at radius 2 is 2.20 bits per heavy atom. The molecule has 1 aliphatic heterocycles. The summed E-state index contributed by atoms with van der Waals surface area (Å²) in [7, 11) is -3.58. The minimum absolute atomic E-state index is 0.00217. The molecule has 1 aliphatic rings. The fraction of sp³-hybridized carbons (Fsp3) is 0.615. The average molecular weight is 392 g/mol. The van der Waals surface area contributed by atoms with E-state index in [0.29, 0.717) is 18.5 Å². The van der Waals surface area contributed by atoms with Crippen molar-refractivity contribution in [2.24, 2.45) is 0 Å². The van der Waals surface area contributed by atoms with Crippen molar-refractivity contribution in [3.8, 4) is 0 Å². The number of H-pyrrole nitrogens is 1. The largest absolute Gasteiger partial charge is 0.472 e. The van der Waals surface area contributed by atoms with Gasteiger partial charge in [0.2, 0.25) is 5.95 Å². The molecule has 2 atom stereocenters. The van der Waals surface area contributed by atoms with Gasteiger partial charge in [-0.3, -0.25) is 14.3 Å². The van der Waals surface area contributed by atoms with Crippen LogP contribution in [-0.4, -0.2) is 42.0 Å². The van der Waals surface area contributed by atoms with Crippen molar-refractivity contribution < 1.29 is 19.0 Å². The molecule has 0 amide bonds. The zero-order valence-corrected chi connectivity index (χ0v) is 15.8. The lowest BCUT2D eigenvalue weighted by molar-refractivity contribution is -0.0180. The predicted octanol–water partition coefficient (Wildman–Crippen LogP) is 1.40. The molecule has 3 heterocycles. The van der Waals surface area contributed by atoms with Gasteiger partial charge in [0.05, 0.1) is 24.7 Å². The predicted molar refractivity (Wildman–Crippen MR) is 98.0 cm³/mol. The highest BCUT2D eigenvalue weighted by atomic mass is 32.7. The number of thiol groups is 1. The fourth-order valence-electron chi connectivity index (χ4n) is 2.35. The highest BCUT2D eigenvalue weighted by Gasteiger charge is 2.35. The normalized spacial score (nSPS) is 20.5. The van der Waals surface area contributed by atoms with Gasteiger partial charge in [0.1, 0.15) is 12.8 Å². The van der Waals surface area contributed by atoms with Gasteiger partial charge in [-0.1, -0.05) is 20.3 Å². The molecule has 0 aliphatic carbocycles. The maximum Gasteiger partial charge on any atom is 0.472 e. The molecule has 2 aromatic rings. The number of anilines is 1. The number of hydrogen-bond acceptors (Lipinski definition) is 9. The Hall–Kier alpha value is -1.23. The van der Waals surface area contributed by atoms with Crippen molar-refractivity contribution in [2.45, 2.75) is 45.4 Å². The molecule has 3 rings (SSSR count). The number of nitrogens with two attached hydrogens (primary N) is 1. The number of hydrogen-bond donors (Lipinski definition) is 5. The Labute approximate surface area is 150 Å². The van der Waals surface area contributed by atoms with E-state index >= 15 is 0 Å². The third kappa shape index (κ3) is 5.37. The summed E-state index contributed by atoms with van der Waals surface area (Å²) in [5.74, 6) is 0.00217. The molecule has 140 valence electrons. The van der Waals surface area contributed by atoms with Crippen molar-refractivity contribution in [1.82, 2.24) is 19.5 Å². The van der Waals surface area contributed by atoms with E-state index in [-0.39, 0.29) is 30.4 Å². The second-order valence-corrected chi connectivity index (χ2v) is 8.43. The number of imidazole rings is 1. The van der Waals surface area contributed by atoms with Crippen molar-refractivity contribution in [2.75, 3.05) is 12.3 Å². The highest BCUT2D eigenvalue weighted by molar-refractivity contribution is 8.47. The van der Waals surface area contributed by atoms with E-state index < -0.39 is 12.7 Å². The van der Waals surface area contributed by atoms with Crippen LogP contribution in [0.2, 0.25) is 0 Å². The summed E-state index contributed by atoms with van der Waals surface area (Å²) in [5.41, 5.74) is 5.66. The zero-order chi connectivity index (χ0) is 18.6. The van der Waals surface area contributed by atoms with E-state index in [4.69, 9.17) is 24.8 Å². The first-order valence-electron chi connectivity index (χ1n) is 7.84. The maximum absolute atomic E-state index is 11.7. The van der Waals surface area contributed by atoms with Gasteiger partial charge in [0.25, 0.3) is 5.56 Å². The van der Waals surface area contributed by atoms with Crippen LogP contribution in [0.1, 0.15) is 39.3 Å². The van der Waals surface area contributed by atoms with E-state index in [0.717, 1.165) is 0 Å². The molecule has 5 N–H and O–H groups in total. The van der Waals surface area contributed by atoms with E-state index in [1.165, 1.54) is 12.7 Å². The van der Waals surface area contributed by atoms with Gasteiger partial charge in [0.15, 0.2) is 11.2 Å². The van der Waals surface area contributed by atoms with Crippen molar-refractivity contribution in [3.05, 3.63) is 16.7 Å². The Bertz CT molecular complexity index is 761. The summed E-state index contributed by atoms with van der Waals surface area (Å²) in [6.07, 6.45) is 3.32. The number of rotatable bonds is 4. The van der Waals surface area contributed by atoms with E-state index in [9.17, 15) is 4.79 Å². The van der Waals surface area contributed by atoms with Crippen LogP contribution in [0.4, 0.5) is 5.95 Å². The van der Waals surface area contributed by atoms with Crippen LogP contribution >= 0.6 is 19.4 Å². The minimum atomic E-state index is -3.58. The first-order valence-corrected chi connectivity index (χ1v) is 10.6. The molecular formula is C13H23N5O5PS+. The number of nitrogens with zero attached hydrogens (tertiary/aromatic N) is 3.